The number of aryl methyl sites for hydroxylation is 1. The molecule has 1 heterocycles. The van der Waals surface area contributed by atoms with Crippen LogP contribution in [-0.2, 0) is 16.0 Å². The Bertz CT molecular complexity index is 1080. The minimum absolute atomic E-state index is 0.00956. The predicted octanol–water partition coefficient (Wildman–Crippen LogP) is 3.51. The summed E-state index contributed by atoms with van der Waals surface area (Å²) in [5.74, 6) is -0.00224. The number of methoxy groups -OCH3 is 1. The van der Waals surface area contributed by atoms with Crippen molar-refractivity contribution in [1.82, 2.24) is 10.2 Å². The Morgan fingerprint density at radius 2 is 2.06 bits per heavy atom. The molecule has 0 aromatic heterocycles. The molecule has 2 atom stereocenters. The maximum Gasteiger partial charge on any atom is 0.251 e. The SMILES string of the molecule is COCC[C@H](c1cccc(C(=O)N[C@H]2CCc3ccccc32)c1)N1C(=O)CC(C)(C)N=C1N. The number of hydrogen-bond donors (Lipinski definition) is 2. The highest BCUT2D eigenvalue weighted by Crippen LogP contribution is 2.33. The van der Waals surface area contributed by atoms with E-state index >= 15 is 0 Å². The molecule has 0 saturated heterocycles. The Balaban J connectivity index is 1.59. The van der Waals surface area contributed by atoms with Gasteiger partial charge in [0.1, 0.15) is 0 Å². The number of amides is 2. The molecule has 7 nitrogen and oxygen atoms in total. The van der Waals surface area contributed by atoms with Gasteiger partial charge in [0, 0.05) is 19.3 Å². The molecule has 0 radical (unpaired) electrons. The number of nitrogens with zero attached hydrogens (tertiary/aromatic N) is 2. The van der Waals surface area contributed by atoms with Gasteiger partial charge >= 0.3 is 0 Å². The number of fused-ring (bicyclic) bond motifs is 1. The van der Waals surface area contributed by atoms with Crippen molar-refractivity contribution >= 4 is 17.8 Å². The van der Waals surface area contributed by atoms with Gasteiger partial charge < -0.3 is 15.8 Å². The van der Waals surface area contributed by atoms with Crippen LogP contribution in [0, 0.1) is 0 Å². The molecular formula is C26H32N4O3. The molecule has 2 aromatic rings. The summed E-state index contributed by atoms with van der Waals surface area (Å²) in [6.07, 6.45) is 2.68. The lowest BCUT2D eigenvalue weighted by Crippen LogP contribution is -2.51. The fourth-order valence-corrected chi connectivity index (χ4v) is 4.83. The van der Waals surface area contributed by atoms with Gasteiger partial charge in [-0.05, 0) is 61.9 Å². The van der Waals surface area contributed by atoms with Crippen LogP contribution >= 0.6 is 0 Å². The number of ether oxygens (including phenoxy) is 1. The molecule has 2 aromatic carbocycles. The molecule has 7 heteroatoms. The molecule has 1 aliphatic heterocycles. The van der Waals surface area contributed by atoms with Crippen molar-refractivity contribution in [3.63, 3.8) is 0 Å². The summed E-state index contributed by atoms with van der Waals surface area (Å²) in [6, 6.07) is 15.3. The zero-order valence-electron chi connectivity index (χ0n) is 19.5. The standard InChI is InChI=1S/C26H32N4O3/c1-26(2)16-23(31)30(25(27)29-26)22(13-14-33-3)18-8-6-9-19(15-18)24(32)28-21-12-11-17-7-4-5-10-20(17)21/h4-10,15,21-22H,11-14,16H2,1-3H3,(H2,27,29)(H,28,32)/t21-,22+/m0/s1. The minimum Gasteiger partial charge on any atom is -0.385 e. The monoisotopic (exact) mass is 448 g/mol. The third kappa shape index (κ3) is 4.93. The zero-order chi connectivity index (χ0) is 23.6. The summed E-state index contributed by atoms with van der Waals surface area (Å²) < 4.78 is 5.30. The molecule has 0 spiro atoms. The Labute approximate surface area is 195 Å². The van der Waals surface area contributed by atoms with E-state index in [0.29, 0.717) is 18.6 Å². The molecule has 0 saturated carbocycles. The third-order valence-electron chi connectivity index (χ3n) is 6.40. The first-order chi connectivity index (χ1) is 15.8. The predicted molar refractivity (Wildman–Crippen MR) is 128 cm³/mol. The van der Waals surface area contributed by atoms with Crippen LogP contribution in [0.5, 0.6) is 0 Å². The van der Waals surface area contributed by atoms with Gasteiger partial charge in [-0.2, -0.15) is 0 Å². The maximum absolute atomic E-state index is 13.1. The lowest BCUT2D eigenvalue weighted by Gasteiger charge is -2.38. The van der Waals surface area contributed by atoms with Crippen molar-refractivity contribution in [2.75, 3.05) is 13.7 Å². The lowest BCUT2D eigenvalue weighted by molar-refractivity contribution is -0.131. The molecule has 33 heavy (non-hydrogen) atoms. The lowest BCUT2D eigenvalue weighted by atomic mass is 9.95. The van der Waals surface area contributed by atoms with Crippen molar-refractivity contribution in [2.45, 2.75) is 57.2 Å². The Hall–Kier alpha value is -3.19. The maximum atomic E-state index is 13.1. The quantitative estimate of drug-likeness (QED) is 0.677. The van der Waals surface area contributed by atoms with E-state index in [4.69, 9.17) is 10.5 Å². The van der Waals surface area contributed by atoms with E-state index in [1.807, 2.05) is 44.2 Å². The van der Waals surface area contributed by atoms with Crippen LogP contribution in [0.2, 0.25) is 0 Å². The smallest absolute Gasteiger partial charge is 0.251 e. The number of nitrogens with two attached hydrogens (primary N) is 1. The van der Waals surface area contributed by atoms with Crippen molar-refractivity contribution in [2.24, 2.45) is 10.7 Å². The Kier molecular flexibility index (Phi) is 6.51. The van der Waals surface area contributed by atoms with E-state index in [-0.39, 0.29) is 36.3 Å². The van der Waals surface area contributed by atoms with E-state index in [0.717, 1.165) is 18.4 Å². The zero-order valence-corrected chi connectivity index (χ0v) is 19.5. The molecule has 3 N–H and O–H groups in total. The fraction of sp³-hybridized carbons (Fsp3) is 0.423. The Morgan fingerprint density at radius 1 is 1.27 bits per heavy atom. The van der Waals surface area contributed by atoms with Gasteiger partial charge in [-0.1, -0.05) is 36.4 Å². The van der Waals surface area contributed by atoms with Crippen LogP contribution in [0.25, 0.3) is 0 Å². The second kappa shape index (κ2) is 9.35. The van der Waals surface area contributed by atoms with Crippen LogP contribution < -0.4 is 11.1 Å². The Morgan fingerprint density at radius 3 is 2.82 bits per heavy atom. The van der Waals surface area contributed by atoms with Gasteiger partial charge in [0.05, 0.1) is 24.0 Å². The van der Waals surface area contributed by atoms with Gasteiger partial charge in [0.2, 0.25) is 5.91 Å². The van der Waals surface area contributed by atoms with Crippen LogP contribution in [0.1, 0.15) is 72.2 Å². The first kappa shape index (κ1) is 23.0. The van der Waals surface area contributed by atoms with Crippen LogP contribution in [-0.4, -0.2) is 41.9 Å². The van der Waals surface area contributed by atoms with E-state index < -0.39 is 5.54 Å². The van der Waals surface area contributed by atoms with Gasteiger partial charge in [0.25, 0.3) is 5.91 Å². The van der Waals surface area contributed by atoms with Crippen molar-refractivity contribution in [1.29, 1.82) is 0 Å². The molecule has 0 fully saturated rings. The second-order valence-electron chi connectivity index (χ2n) is 9.41. The average Bonchev–Trinajstić information content (AvgIpc) is 3.17. The highest BCUT2D eigenvalue weighted by atomic mass is 16.5. The molecule has 4 rings (SSSR count). The van der Waals surface area contributed by atoms with E-state index in [1.54, 1.807) is 18.1 Å². The molecule has 0 unspecified atom stereocenters. The fourth-order valence-electron chi connectivity index (χ4n) is 4.83. The highest BCUT2D eigenvalue weighted by Gasteiger charge is 2.37. The summed E-state index contributed by atoms with van der Waals surface area (Å²) in [7, 11) is 1.62. The molecular weight excluding hydrogens is 416 g/mol. The van der Waals surface area contributed by atoms with Crippen molar-refractivity contribution in [3.05, 3.63) is 70.8 Å². The number of benzene rings is 2. The number of carbonyl (C=O) groups excluding carboxylic acids is 2. The summed E-state index contributed by atoms with van der Waals surface area (Å²) in [5.41, 5.74) is 9.58. The summed E-state index contributed by atoms with van der Waals surface area (Å²) in [6.45, 7) is 4.23. The van der Waals surface area contributed by atoms with Gasteiger partial charge in [-0.3, -0.25) is 14.5 Å². The third-order valence-corrected chi connectivity index (χ3v) is 6.40. The average molecular weight is 449 g/mol. The topological polar surface area (TPSA) is 97.0 Å². The molecule has 0 bridgehead atoms. The second-order valence-corrected chi connectivity index (χ2v) is 9.41. The number of rotatable bonds is 7. The van der Waals surface area contributed by atoms with Crippen LogP contribution in [0.3, 0.4) is 0 Å². The normalized spacial score (nSPS) is 20.2. The summed E-state index contributed by atoms with van der Waals surface area (Å²) >= 11 is 0. The van der Waals surface area contributed by atoms with Crippen LogP contribution in [0.4, 0.5) is 0 Å². The number of guanidine groups is 1. The number of nitrogens with one attached hydrogen (secondary N) is 1. The number of carbonyl (C=O) groups is 2. The van der Waals surface area contributed by atoms with E-state index in [9.17, 15) is 9.59 Å². The molecule has 2 amide bonds. The van der Waals surface area contributed by atoms with Gasteiger partial charge in [-0.25, -0.2) is 4.99 Å². The molecule has 2 aliphatic rings. The van der Waals surface area contributed by atoms with Gasteiger partial charge in [0.15, 0.2) is 5.96 Å². The first-order valence-electron chi connectivity index (χ1n) is 11.4. The number of hydrogen-bond acceptors (Lipinski definition) is 5. The highest BCUT2D eigenvalue weighted by molar-refractivity contribution is 5.99. The minimum atomic E-state index is -0.525. The molecule has 1 aliphatic carbocycles. The largest absolute Gasteiger partial charge is 0.385 e. The van der Waals surface area contributed by atoms with E-state index in [1.165, 1.54) is 11.1 Å². The first-order valence-corrected chi connectivity index (χ1v) is 11.4. The summed E-state index contributed by atoms with van der Waals surface area (Å²) in [5, 5.41) is 3.18. The van der Waals surface area contributed by atoms with Crippen molar-refractivity contribution in [3.8, 4) is 0 Å². The van der Waals surface area contributed by atoms with E-state index in [2.05, 4.69) is 22.4 Å². The number of aliphatic imine (C=N–C) groups is 1. The summed E-state index contributed by atoms with van der Waals surface area (Å²) in [4.78, 5) is 32.2. The molecule has 174 valence electrons. The van der Waals surface area contributed by atoms with Crippen LogP contribution in [0.15, 0.2) is 53.5 Å². The van der Waals surface area contributed by atoms with Gasteiger partial charge in [-0.15, -0.1) is 0 Å². The van der Waals surface area contributed by atoms with Crippen molar-refractivity contribution < 1.29 is 14.3 Å².